The Balaban J connectivity index is 2.32. The highest BCUT2D eigenvalue weighted by Crippen LogP contribution is 2.33. The van der Waals surface area contributed by atoms with Crippen molar-refractivity contribution in [2.24, 2.45) is 0 Å². The van der Waals surface area contributed by atoms with Crippen LogP contribution in [0, 0.1) is 6.92 Å². The van der Waals surface area contributed by atoms with Gasteiger partial charge in [0.2, 0.25) is 0 Å². The van der Waals surface area contributed by atoms with Crippen LogP contribution in [0.2, 0.25) is 0 Å². The number of benzene rings is 1. The molecule has 0 fully saturated rings. The second-order valence-corrected chi connectivity index (χ2v) is 7.69. The molecule has 2 aromatic rings. The fourth-order valence-electron chi connectivity index (χ4n) is 1.62. The minimum atomic E-state index is -0.0191. The lowest BCUT2D eigenvalue weighted by molar-refractivity contribution is 0.0993. The largest absolute Gasteiger partial charge is 0.311 e. The van der Waals surface area contributed by atoms with E-state index in [2.05, 4.69) is 31.9 Å². The fourth-order valence-corrected chi connectivity index (χ4v) is 4.40. The minimum absolute atomic E-state index is 0.0191. The predicted molar refractivity (Wildman–Crippen MR) is 83.6 cm³/mol. The van der Waals surface area contributed by atoms with Gasteiger partial charge in [-0.25, -0.2) is 0 Å². The third kappa shape index (κ3) is 2.84. The van der Waals surface area contributed by atoms with Gasteiger partial charge in [0.1, 0.15) is 0 Å². The number of thiophene rings is 1. The van der Waals surface area contributed by atoms with E-state index in [1.54, 1.807) is 11.9 Å². The van der Waals surface area contributed by atoms with Gasteiger partial charge < -0.3 is 4.90 Å². The van der Waals surface area contributed by atoms with Crippen LogP contribution in [0.15, 0.2) is 37.9 Å². The average Bonchev–Trinajstić information content (AvgIpc) is 2.66. The highest BCUT2D eigenvalue weighted by molar-refractivity contribution is 9.12. The average molecular weight is 389 g/mol. The highest BCUT2D eigenvalue weighted by atomic mass is 79.9. The van der Waals surface area contributed by atoms with Crippen molar-refractivity contribution in [2.75, 3.05) is 11.9 Å². The number of rotatable bonds is 2. The second kappa shape index (κ2) is 5.55. The van der Waals surface area contributed by atoms with Crippen LogP contribution in [0.3, 0.4) is 0 Å². The molecule has 0 aliphatic rings. The molecule has 0 bridgehead atoms. The molecule has 0 spiro atoms. The Hall–Kier alpha value is -0.650. The SMILES string of the molecule is Cc1cccc(N(C)C(=O)c2cc(Br)sc2Br)c1. The number of nitrogens with zero attached hydrogens (tertiary/aromatic N) is 1. The first-order chi connectivity index (χ1) is 8.49. The molecule has 94 valence electrons. The topological polar surface area (TPSA) is 20.3 Å². The van der Waals surface area contributed by atoms with Crippen LogP contribution in [0.1, 0.15) is 15.9 Å². The monoisotopic (exact) mass is 387 g/mol. The summed E-state index contributed by atoms with van der Waals surface area (Å²) in [7, 11) is 1.79. The number of amides is 1. The zero-order valence-electron chi connectivity index (χ0n) is 9.91. The van der Waals surface area contributed by atoms with Crippen LogP contribution in [0.4, 0.5) is 5.69 Å². The molecule has 0 unspecified atom stereocenters. The molecule has 18 heavy (non-hydrogen) atoms. The standard InChI is InChI=1S/C13H11Br2NOS/c1-8-4-3-5-9(6-8)16(2)13(17)10-7-11(14)18-12(10)15/h3-7H,1-2H3. The van der Waals surface area contributed by atoms with E-state index in [1.807, 2.05) is 37.3 Å². The summed E-state index contributed by atoms with van der Waals surface area (Å²) in [6, 6.07) is 9.72. The van der Waals surface area contributed by atoms with Gasteiger partial charge in [-0.05, 0) is 62.5 Å². The molecule has 5 heteroatoms. The van der Waals surface area contributed by atoms with E-state index in [-0.39, 0.29) is 5.91 Å². The predicted octanol–water partition coefficient (Wildman–Crippen LogP) is 4.86. The Morgan fingerprint density at radius 3 is 2.56 bits per heavy atom. The number of carbonyl (C=O) groups is 1. The van der Waals surface area contributed by atoms with Crippen molar-refractivity contribution in [1.82, 2.24) is 0 Å². The van der Waals surface area contributed by atoms with Crippen molar-refractivity contribution in [3.8, 4) is 0 Å². The number of anilines is 1. The Kier molecular flexibility index (Phi) is 4.25. The van der Waals surface area contributed by atoms with Crippen molar-refractivity contribution in [1.29, 1.82) is 0 Å². The zero-order chi connectivity index (χ0) is 13.3. The van der Waals surface area contributed by atoms with Crippen LogP contribution in [0.25, 0.3) is 0 Å². The number of halogens is 2. The molecule has 0 atom stereocenters. The quantitative estimate of drug-likeness (QED) is 0.719. The number of aryl methyl sites for hydroxylation is 1. The van der Waals surface area contributed by atoms with Gasteiger partial charge in [-0.3, -0.25) is 4.79 Å². The van der Waals surface area contributed by atoms with Gasteiger partial charge in [-0.1, -0.05) is 12.1 Å². The molecule has 0 radical (unpaired) electrons. The molecule has 1 aromatic carbocycles. The molecule has 0 aliphatic carbocycles. The van der Waals surface area contributed by atoms with E-state index in [1.165, 1.54) is 11.3 Å². The molecule has 1 heterocycles. The van der Waals surface area contributed by atoms with Crippen molar-refractivity contribution in [3.63, 3.8) is 0 Å². The molecule has 0 saturated heterocycles. The summed E-state index contributed by atoms with van der Waals surface area (Å²) in [5.74, 6) is -0.0191. The first-order valence-corrected chi connectivity index (χ1v) is 7.69. The zero-order valence-corrected chi connectivity index (χ0v) is 13.9. The van der Waals surface area contributed by atoms with Gasteiger partial charge in [0.15, 0.2) is 0 Å². The van der Waals surface area contributed by atoms with E-state index in [0.29, 0.717) is 5.56 Å². The summed E-state index contributed by atoms with van der Waals surface area (Å²) in [5, 5.41) is 0. The molecular weight excluding hydrogens is 378 g/mol. The van der Waals surface area contributed by atoms with E-state index < -0.39 is 0 Å². The number of hydrogen-bond acceptors (Lipinski definition) is 2. The van der Waals surface area contributed by atoms with Gasteiger partial charge in [0.25, 0.3) is 5.91 Å². The lowest BCUT2D eigenvalue weighted by Gasteiger charge is -2.17. The summed E-state index contributed by atoms with van der Waals surface area (Å²) in [6.45, 7) is 2.01. The molecule has 2 nitrogen and oxygen atoms in total. The van der Waals surface area contributed by atoms with Crippen molar-refractivity contribution in [3.05, 3.63) is 49.0 Å². The van der Waals surface area contributed by atoms with Crippen molar-refractivity contribution < 1.29 is 4.79 Å². The van der Waals surface area contributed by atoms with Gasteiger partial charge in [0.05, 0.1) is 13.1 Å². The second-order valence-electron chi connectivity index (χ2n) is 3.94. The molecule has 0 saturated carbocycles. The number of hydrogen-bond donors (Lipinski definition) is 0. The molecule has 0 aliphatic heterocycles. The van der Waals surface area contributed by atoms with E-state index in [9.17, 15) is 4.79 Å². The van der Waals surface area contributed by atoms with Gasteiger partial charge in [-0.2, -0.15) is 0 Å². The number of carbonyl (C=O) groups excluding carboxylic acids is 1. The third-order valence-corrected chi connectivity index (χ3v) is 4.92. The Bertz CT molecular complexity index is 594. The minimum Gasteiger partial charge on any atom is -0.311 e. The third-order valence-electron chi connectivity index (χ3n) is 2.58. The summed E-state index contributed by atoms with van der Waals surface area (Å²) in [4.78, 5) is 14.0. The molecule has 0 N–H and O–H groups in total. The maximum Gasteiger partial charge on any atom is 0.260 e. The summed E-state index contributed by atoms with van der Waals surface area (Å²) in [6.07, 6.45) is 0. The van der Waals surface area contributed by atoms with Gasteiger partial charge >= 0.3 is 0 Å². The fraction of sp³-hybridized carbons (Fsp3) is 0.154. The van der Waals surface area contributed by atoms with E-state index in [0.717, 1.165) is 18.8 Å². The van der Waals surface area contributed by atoms with Crippen LogP contribution < -0.4 is 4.90 Å². The molecule has 2 rings (SSSR count). The first kappa shape index (κ1) is 13.8. The lowest BCUT2D eigenvalue weighted by Crippen LogP contribution is -2.26. The Morgan fingerprint density at radius 1 is 1.28 bits per heavy atom. The summed E-state index contributed by atoms with van der Waals surface area (Å²) < 4.78 is 1.79. The smallest absolute Gasteiger partial charge is 0.260 e. The first-order valence-electron chi connectivity index (χ1n) is 5.28. The van der Waals surface area contributed by atoms with Gasteiger partial charge in [0, 0.05) is 12.7 Å². The van der Waals surface area contributed by atoms with Gasteiger partial charge in [-0.15, -0.1) is 11.3 Å². The Morgan fingerprint density at radius 2 is 2.00 bits per heavy atom. The van der Waals surface area contributed by atoms with Crippen LogP contribution in [-0.2, 0) is 0 Å². The van der Waals surface area contributed by atoms with E-state index >= 15 is 0 Å². The molecular formula is C13H11Br2NOS. The highest BCUT2D eigenvalue weighted by Gasteiger charge is 2.18. The maximum atomic E-state index is 12.4. The van der Waals surface area contributed by atoms with E-state index in [4.69, 9.17) is 0 Å². The van der Waals surface area contributed by atoms with Crippen molar-refractivity contribution in [2.45, 2.75) is 6.92 Å². The summed E-state index contributed by atoms with van der Waals surface area (Å²) >= 11 is 8.30. The normalized spacial score (nSPS) is 10.4. The Labute approximate surface area is 127 Å². The summed E-state index contributed by atoms with van der Waals surface area (Å²) in [5.41, 5.74) is 2.71. The van der Waals surface area contributed by atoms with Crippen molar-refractivity contribution >= 4 is 54.8 Å². The van der Waals surface area contributed by atoms with Crippen LogP contribution >= 0.6 is 43.2 Å². The molecule has 1 amide bonds. The molecule has 1 aromatic heterocycles. The van der Waals surface area contributed by atoms with Crippen LogP contribution in [0.5, 0.6) is 0 Å². The van der Waals surface area contributed by atoms with Crippen LogP contribution in [-0.4, -0.2) is 13.0 Å². The lowest BCUT2D eigenvalue weighted by atomic mass is 10.2. The maximum absolute atomic E-state index is 12.4.